The van der Waals surface area contributed by atoms with Crippen molar-refractivity contribution in [2.45, 2.75) is 6.54 Å². The number of hydrogen-bond acceptors (Lipinski definition) is 6. The average molecular weight is 479 g/mol. The van der Waals surface area contributed by atoms with Gasteiger partial charge in [0.05, 0.1) is 36.0 Å². The molecule has 8 nitrogen and oxygen atoms in total. The SMILES string of the molecule is COc1ccc(Cl)cc1NC(=O)COC(=O)c1ccc2c(c1)C(=O)N(Cc1ccccc1)C2=O. The van der Waals surface area contributed by atoms with E-state index >= 15 is 0 Å². The van der Waals surface area contributed by atoms with Crippen molar-refractivity contribution in [2.75, 3.05) is 19.0 Å². The summed E-state index contributed by atoms with van der Waals surface area (Å²) < 4.78 is 10.2. The number of hydrogen-bond donors (Lipinski definition) is 1. The maximum Gasteiger partial charge on any atom is 0.338 e. The van der Waals surface area contributed by atoms with Crippen molar-refractivity contribution in [2.24, 2.45) is 0 Å². The lowest BCUT2D eigenvalue weighted by Crippen LogP contribution is -2.29. The van der Waals surface area contributed by atoms with Crippen LogP contribution in [0.25, 0.3) is 0 Å². The van der Waals surface area contributed by atoms with Crippen LogP contribution in [-0.2, 0) is 16.1 Å². The van der Waals surface area contributed by atoms with Gasteiger partial charge in [0.25, 0.3) is 17.7 Å². The molecule has 1 aliphatic rings. The minimum absolute atomic E-state index is 0.0506. The summed E-state index contributed by atoms with van der Waals surface area (Å²) in [5.74, 6) is -1.94. The molecule has 0 unspecified atom stereocenters. The molecule has 0 saturated heterocycles. The quantitative estimate of drug-likeness (QED) is 0.407. The molecule has 9 heteroatoms. The van der Waals surface area contributed by atoms with Crippen LogP contribution in [0.2, 0.25) is 5.02 Å². The first kappa shape index (κ1) is 23.0. The van der Waals surface area contributed by atoms with Crippen LogP contribution in [0.15, 0.2) is 66.7 Å². The first-order valence-electron chi connectivity index (χ1n) is 10.2. The lowest BCUT2D eigenvalue weighted by Gasteiger charge is -2.13. The van der Waals surface area contributed by atoms with Gasteiger partial charge in [0.15, 0.2) is 6.61 Å². The number of amides is 3. The van der Waals surface area contributed by atoms with E-state index in [0.29, 0.717) is 16.5 Å². The minimum Gasteiger partial charge on any atom is -0.495 e. The van der Waals surface area contributed by atoms with Crippen LogP contribution in [-0.4, -0.2) is 42.3 Å². The van der Waals surface area contributed by atoms with E-state index in [1.807, 2.05) is 30.3 Å². The first-order valence-corrected chi connectivity index (χ1v) is 10.6. The number of halogens is 1. The summed E-state index contributed by atoms with van der Waals surface area (Å²) >= 11 is 5.94. The van der Waals surface area contributed by atoms with E-state index in [9.17, 15) is 19.2 Å². The molecule has 1 N–H and O–H groups in total. The van der Waals surface area contributed by atoms with Crippen molar-refractivity contribution in [1.82, 2.24) is 4.90 Å². The number of benzene rings is 3. The molecule has 0 aliphatic carbocycles. The van der Waals surface area contributed by atoms with Crippen molar-refractivity contribution in [3.8, 4) is 5.75 Å². The summed E-state index contributed by atoms with van der Waals surface area (Å²) in [7, 11) is 1.44. The molecule has 0 aromatic heterocycles. The van der Waals surface area contributed by atoms with Crippen molar-refractivity contribution >= 4 is 41.0 Å². The fraction of sp³-hybridized carbons (Fsp3) is 0.120. The number of esters is 1. The maximum atomic E-state index is 12.8. The van der Waals surface area contributed by atoms with Crippen LogP contribution in [0, 0.1) is 0 Å². The van der Waals surface area contributed by atoms with E-state index in [1.54, 1.807) is 12.1 Å². The van der Waals surface area contributed by atoms with E-state index < -0.39 is 30.3 Å². The Hall–Kier alpha value is -4.17. The van der Waals surface area contributed by atoms with E-state index in [1.165, 1.54) is 31.4 Å². The van der Waals surface area contributed by atoms with Crippen molar-refractivity contribution in [3.63, 3.8) is 0 Å². The van der Waals surface area contributed by atoms with Gasteiger partial charge < -0.3 is 14.8 Å². The Bertz CT molecular complexity index is 1290. The van der Waals surface area contributed by atoms with Crippen LogP contribution in [0.5, 0.6) is 5.75 Å². The summed E-state index contributed by atoms with van der Waals surface area (Å²) in [6, 6.07) is 17.9. The second-order valence-electron chi connectivity index (χ2n) is 7.41. The largest absolute Gasteiger partial charge is 0.495 e. The number of nitrogens with one attached hydrogen (secondary N) is 1. The topological polar surface area (TPSA) is 102 Å². The van der Waals surface area contributed by atoms with Gasteiger partial charge >= 0.3 is 5.97 Å². The van der Waals surface area contributed by atoms with Gasteiger partial charge in [0, 0.05) is 5.02 Å². The highest BCUT2D eigenvalue weighted by molar-refractivity contribution is 6.31. The molecule has 172 valence electrons. The Morgan fingerprint density at radius 1 is 0.941 bits per heavy atom. The molecule has 0 fully saturated rings. The number of anilines is 1. The Kier molecular flexibility index (Phi) is 6.60. The molecule has 3 amide bonds. The summed E-state index contributed by atoms with van der Waals surface area (Å²) in [5.41, 5.74) is 1.51. The molecule has 1 aliphatic heterocycles. The second-order valence-corrected chi connectivity index (χ2v) is 7.85. The predicted octanol–water partition coefficient (Wildman–Crippen LogP) is 3.94. The molecule has 3 aromatic rings. The number of rotatable bonds is 7. The van der Waals surface area contributed by atoms with Crippen molar-refractivity contribution in [3.05, 3.63) is 94.0 Å². The Morgan fingerprint density at radius 2 is 1.68 bits per heavy atom. The molecule has 4 rings (SSSR count). The van der Waals surface area contributed by atoms with E-state index in [0.717, 1.165) is 10.5 Å². The molecular formula is C25H19ClN2O6. The lowest BCUT2D eigenvalue weighted by molar-refractivity contribution is -0.119. The average Bonchev–Trinajstić information content (AvgIpc) is 3.07. The summed E-state index contributed by atoms with van der Waals surface area (Å²) in [6.07, 6.45) is 0. The number of ether oxygens (including phenoxy) is 2. The highest BCUT2D eigenvalue weighted by Gasteiger charge is 2.36. The number of carbonyl (C=O) groups is 4. The van der Waals surface area contributed by atoms with Gasteiger partial charge in [-0.15, -0.1) is 0 Å². The van der Waals surface area contributed by atoms with E-state index in [4.69, 9.17) is 21.1 Å². The van der Waals surface area contributed by atoms with Gasteiger partial charge in [0.2, 0.25) is 0 Å². The smallest absolute Gasteiger partial charge is 0.338 e. The summed E-state index contributed by atoms with van der Waals surface area (Å²) in [6.45, 7) is -0.446. The number of fused-ring (bicyclic) bond motifs is 1. The zero-order valence-corrected chi connectivity index (χ0v) is 18.8. The van der Waals surface area contributed by atoms with Crippen LogP contribution in [0.1, 0.15) is 36.6 Å². The number of imide groups is 1. The van der Waals surface area contributed by atoms with E-state index in [-0.39, 0.29) is 23.2 Å². The van der Waals surface area contributed by atoms with E-state index in [2.05, 4.69) is 5.32 Å². The Balaban J connectivity index is 1.41. The van der Waals surface area contributed by atoms with Crippen LogP contribution in [0.4, 0.5) is 5.69 Å². The normalized spacial score (nSPS) is 12.4. The van der Waals surface area contributed by atoms with Gasteiger partial charge in [-0.25, -0.2) is 4.79 Å². The zero-order valence-electron chi connectivity index (χ0n) is 18.0. The molecule has 1 heterocycles. The van der Waals surface area contributed by atoms with Crippen molar-refractivity contribution < 1.29 is 28.7 Å². The van der Waals surface area contributed by atoms with Crippen molar-refractivity contribution in [1.29, 1.82) is 0 Å². The van der Waals surface area contributed by atoms with Gasteiger partial charge in [-0.2, -0.15) is 0 Å². The summed E-state index contributed by atoms with van der Waals surface area (Å²) in [4.78, 5) is 51.3. The summed E-state index contributed by atoms with van der Waals surface area (Å²) in [5, 5.41) is 2.96. The second kappa shape index (κ2) is 9.76. The van der Waals surface area contributed by atoms with Gasteiger partial charge in [0.1, 0.15) is 5.75 Å². The molecule has 0 saturated carbocycles. The molecule has 0 spiro atoms. The molecule has 34 heavy (non-hydrogen) atoms. The number of methoxy groups -OCH3 is 1. The van der Waals surface area contributed by atoms with Crippen LogP contribution < -0.4 is 10.1 Å². The molecule has 0 radical (unpaired) electrons. The Labute approximate surface area is 200 Å². The van der Waals surface area contributed by atoms with Gasteiger partial charge in [-0.3, -0.25) is 19.3 Å². The fourth-order valence-electron chi connectivity index (χ4n) is 3.51. The van der Waals surface area contributed by atoms with Crippen LogP contribution in [0.3, 0.4) is 0 Å². The van der Waals surface area contributed by atoms with Gasteiger partial charge in [-0.05, 0) is 42.0 Å². The molecule has 3 aromatic carbocycles. The molecular weight excluding hydrogens is 460 g/mol. The fourth-order valence-corrected chi connectivity index (χ4v) is 3.68. The monoisotopic (exact) mass is 478 g/mol. The standard InChI is InChI=1S/C25H19ClN2O6/c1-33-21-10-8-17(26)12-20(21)27-22(29)14-34-25(32)16-7-9-18-19(11-16)24(31)28(23(18)30)13-15-5-3-2-4-6-15/h2-12H,13-14H2,1H3,(H,27,29). The lowest BCUT2D eigenvalue weighted by atomic mass is 10.1. The van der Waals surface area contributed by atoms with Crippen LogP contribution >= 0.6 is 11.6 Å². The van der Waals surface area contributed by atoms with Gasteiger partial charge in [-0.1, -0.05) is 41.9 Å². The first-order chi connectivity index (χ1) is 16.4. The third-order valence-corrected chi connectivity index (χ3v) is 5.39. The molecule has 0 bridgehead atoms. The third-order valence-electron chi connectivity index (χ3n) is 5.16. The zero-order chi connectivity index (χ0) is 24.2. The molecule has 0 atom stereocenters. The third kappa shape index (κ3) is 4.77. The maximum absolute atomic E-state index is 12.8. The number of carbonyl (C=O) groups excluding carboxylic acids is 4. The predicted molar refractivity (Wildman–Crippen MR) is 124 cm³/mol. The number of nitrogens with zero attached hydrogens (tertiary/aromatic N) is 1. The minimum atomic E-state index is -0.808. The highest BCUT2D eigenvalue weighted by atomic mass is 35.5. The highest BCUT2D eigenvalue weighted by Crippen LogP contribution is 2.28. The Morgan fingerprint density at radius 3 is 2.41 bits per heavy atom.